The predicted molar refractivity (Wildman–Crippen MR) is 355 cm³/mol. The van der Waals surface area contributed by atoms with Gasteiger partial charge in [-0.15, -0.1) is 0 Å². The fraction of sp³-hybridized carbons (Fsp3) is 0.175. The van der Waals surface area contributed by atoms with Gasteiger partial charge >= 0.3 is 0 Å². The Morgan fingerprint density at radius 1 is 0.286 bits per heavy atom. The molecule has 0 atom stereocenters. The lowest BCUT2D eigenvalue weighted by Gasteiger charge is -2.46. The van der Waals surface area contributed by atoms with E-state index < -0.39 is 0 Å². The van der Waals surface area contributed by atoms with Crippen molar-refractivity contribution in [2.45, 2.75) is 90.9 Å². The molecule has 3 nitrogen and oxygen atoms in total. The maximum atomic E-state index is 2.68. The largest absolute Gasteiger partial charge is 0.311 e. The highest BCUT2D eigenvalue weighted by atomic mass is 15.2. The molecule has 4 aliphatic carbocycles. The quantitative estimate of drug-likeness (QED) is 0.159. The lowest BCUT2D eigenvalue weighted by Crippen LogP contribution is -2.61. The molecule has 4 heteroatoms. The second-order valence-corrected chi connectivity index (χ2v) is 27.1. The van der Waals surface area contributed by atoms with Crippen molar-refractivity contribution in [3.63, 3.8) is 0 Å². The first-order valence-electron chi connectivity index (χ1n) is 30.3. The van der Waals surface area contributed by atoms with Crippen LogP contribution in [0.5, 0.6) is 0 Å². The summed E-state index contributed by atoms with van der Waals surface area (Å²) >= 11 is 0. The second-order valence-electron chi connectivity index (χ2n) is 27.1. The van der Waals surface area contributed by atoms with Crippen LogP contribution < -0.4 is 31.1 Å². The highest BCUT2D eigenvalue weighted by Crippen LogP contribution is 2.58. The molecule has 11 aromatic rings. The third-order valence-electron chi connectivity index (χ3n) is 21.0. The van der Waals surface area contributed by atoms with Crippen molar-refractivity contribution < 1.29 is 0 Å². The number of hydrogen-bond donors (Lipinski definition) is 0. The van der Waals surface area contributed by atoms with Gasteiger partial charge in [-0.2, -0.15) is 0 Å². The first kappa shape index (κ1) is 49.5. The zero-order valence-corrected chi connectivity index (χ0v) is 49.7. The molecule has 0 spiro atoms. The Labute approximate surface area is 495 Å². The van der Waals surface area contributed by atoms with E-state index in [1.165, 1.54) is 139 Å². The molecular weight excluding hydrogens is 1010 g/mol. The van der Waals surface area contributed by atoms with Crippen LogP contribution in [-0.4, -0.2) is 6.71 Å². The van der Waals surface area contributed by atoms with Crippen molar-refractivity contribution >= 4 is 74.3 Å². The average Bonchev–Trinajstić information content (AvgIpc) is 1.63. The molecule has 17 rings (SSSR count). The molecule has 84 heavy (non-hydrogen) atoms. The Bertz CT molecular complexity index is 4410. The highest BCUT2D eigenvalue weighted by Gasteiger charge is 2.49. The Morgan fingerprint density at radius 3 is 0.976 bits per heavy atom. The smallest absolute Gasteiger partial charge is 0.252 e. The molecule has 0 radical (unpaired) electrons. The third kappa shape index (κ3) is 6.49. The Morgan fingerprint density at radius 2 is 0.607 bits per heavy atom. The lowest BCUT2D eigenvalue weighted by molar-refractivity contribution is 0.660. The predicted octanol–water partition coefficient (Wildman–Crippen LogP) is 19.1. The molecule has 0 fully saturated rings. The number of hydrogen-bond acceptors (Lipinski definition) is 3. The number of benzene rings is 11. The van der Waals surface area contributed by atoms with Gasteiger partial charge in [0.15, 0.2) is 0 Å². The maximum absolute atomic E-state index is 2.68. The molecule has 0 unspecified atom stereocenters. The van der Waals surface area contributed by atoms with E-state index in [1.54, 1.807) is 0 Å². The first-order valence-corrected chi connectivity index (χ1v) is 30.3. The van der Waals surface area contributed by atoms with Crippen molar-refractivity contribution in [1.29, 1.82) is 0 Å². The average molecular weight is 1080 g/mol. The SMILES string of the molecule is Cc1ccc(N(c2ccc(C)cc2)c2cc3c4c(c2)N(c2ccc5c(c2)-c2ccccc2C5(C)C)c2cc5c(cc2B4c2cc4c(cc2N3c2ccc3c(c2)-c2ccccc2C3(C)C)-c2ccccc2C4(C)C)C(C)(C)c2ccccc2-5)cc1. The zero-order valence-electron chi connectivity index (χ0n) is 49.7. The zero-order chi connectivity index (χ0) is 57.1. The number of aryl methyl sites for hydroxylation is 2. The summed E-state index contributed by atoms with van der Waals surface area (Å²) < 4.78 is 0. The molecular formula is C80H66BN3. The van der Waals surface area contributed by atoms with Gasteiger partial charge in [-0.25, -0.2) is 0 Å². The van der Waals surface area contributed by atoms with Crippen LogP contribution in [0.15, 0.2) is 218 Å². The van der Waals surface area contributed by atoms with E-state index >= 15 is 0 Å². The first-order chi connectivity index (χ1) is 40.5. The standard InChI is InChI=1S/C80H66BN3/c1-47-27-31-49(32-28-47)82(50-33-29-48(2)30-34-50)53-41-74-76-75(42-53)84(52-36-38-67-59(40-52)55-20-12-16-24-63(55)78(67,5)6)73-44-61-57-22-14-18-26-65(57)80(9,10)69(61)46-71(73)81(76)70-45-68-60(56-21-13-17-25-64(56)79(68,7)8)43-72(70)83(74)51-35-37-66-58(39-51)54-19-11-15-23-62(54)77(66,3)4/h11-46H,1-10H3. The van der Waals surface area contributed by atoms with Gasteiger partial charge in [0.1, 0.15) is 0 Å². The van der Waals surface area contributed by atoms with Crippen LogP contribution in [0.2, 0.25) is 0 Å². The third-order valence-corrected chi connectivity index (χ3v) is 21.0. The van der Waals surface area contributed by atoms with Crippen LogP contribution in [0.3, 0.4) is 0 Å². The summed E-state index contributed by atoms with van der Waals surface area (Å²) in [5.74, 6) is 0. The normalized spacial score (nSPS) is 16.3. The second kappa shape index (κ2) is 16.8. The van der Waals surface area contributed by atoms with Gasteiger partial charge in [0.25, 0.3) is 6.71 Å². The van der Waals surface area contributed by atoms with E-state index in [0.717, 1.165) is 28.4 Å². The summed E-state index contributed by atoms with van der Waals surface area (Å²) in [4.78, 5) is 7.85. The van der Waals surface area contributed by atoms with Crippen molar-refractivity contribution in [3.05, 3.63) is 274 Å². The Hall–Kier alpha value is -9.12. The Balaban J connectivity index is 1.03. The van der Waals surface area contributed by atoms with E-state index in [1.807, 2.05) is 0 Å². The molecule has 2 aliphatic heterocycles. The molecule has 11 aromatic carbocycles. The van der Waals surface area contributed by atoms with E-state index in [0.29, 0.717) is 0 Å². The van der Waals surface area contributed by atoms with E-state index in [-0.39, 0.29) is 28.4 Å². The van der Waals surface area contributed by atoms with Crippen molar-refractivity contribution in [2.24, 2.45) is 0 Å². The summed E-state index contributed by atoms with van der Waals surface area (Å²) in [7, 11) is 0. The molecule has 0 amide bonds. The molecule has 6 aliphatic rings. The molecule has 0 saturated heterocycles. The lowest BCUT2D eigenvalue weighted by atomic mass is 9.33. The van der Waals surface area contributed by atoms with Crippen LogP contribution in [-0.2, 0) is 21.7 Å². The van der Waals surface area contributed by atoms with Crippen LogP contribution in [0.4, 0.5) is 51.2 Å². The summed E-state index contributed by atoms with van der Waals surface area (Å²) in [5.41, 5.74) is 37.7. The van der Waals surface area contributed by atoms with Crippen molar-refractivity contribution in [1.82, 2.24) is 0 Å². The summed E-state index contributed by atoms with van der Waals surface area (Å²) in [6, 6.07) is 85.1. The van der Waals surface area contributed by atoms with Gasteiger partial charge in [0.05, 0.1) is 5.69 Å². The summed E-state index contributed by atoms with van der Waals surface area (Å²) in [5, 5.41) is 0. The minimum atomic E-state index is -0.218. The van der Waals surface area contributed by atoms with Gasteiger partial charge in [-0.05, 0) is 192 Å². The molecule has 0 aromatic heterocycles. The van der Waals surface area contributed by atoms with E-state index in [2.05, 4.69) is 302 Å². The number of rotatable bonds is 5. The number of fused-ring (bicyclic) bond motifs is 16. The van der Waals surface area contributed by atoms with Crippen LogP contribution >= 0.6 is 0 Å². The number of anilines is 9. The van der Waals surface area contributed by atoms with Gasteiger partial charge in [-0.1, -0.05) is 212 Å². The van der Waals surface area contributed by atoms with Crippen molar-refractivity contribution in [3.8, 4) is 44.5 Å². The fourth-order valence-electron chi connectivity index (χ4n) is 16.6. The van der Waals surface area contributed by atoms with Gasteiger partial charge in [-0.3, -0.25) is 0 Å². The summed E-state index contributed by atoms with van der Waals surface area (Å²) in [6.07, 6.45) is 0. The summed E-state index contributed by atoms with van der Waals surface area (Å²) in [6.45, 7) is 23.6. The minimum Gasteiger partial charge on any atom is -0.311 e. The van der Waals surface area contributed by atoms with Crippen LogP contribution in [0, 0.1) is 13.8 Å². The number of nitrogens with zero attached hydrogens (tertiary/aromatic N) is 3. The molecule has 2 heterocycles. The Kier molecular flexibility index (Phi) is 9.89. The molecule has 0 saturated carbocycles. The van der Waals surface area contributed by atoms with E-state index in [4.69, 9.17) is 0 Å². The monoisotopic (exact) mass is 1080 g/mol. The molecule has 0 N–H and O–H groups in total. The maximum Gasteiger partial charge on any atom is 0.252 e. The van der Waals surface area contributed by atoms with Crippen LogP contribution in [0.1, 0.15) is 111 Å². The molecule has 0 bridgehead atoms. The van der Waals surface area contributed by atoms with Gasteiger partial charge < -0.3 is 14.7 Å². The van der Waals surface area contributed by atoms with Crippen molar-refractivity contribution in [2.75, 3.05) is 14.7 Å². The van der Waals surface area contributed by atoms with Gasteiger partial charge in [0.2, 0.25) is 0 Å². The fourth-order valence-corrected chi connectivity index (χ4v) is 16.6. The highest BCUT2D eigenvalue weighted by molar-refractivity contribution is 7.00. The molecule has 404 valence electrons. The minimum absolute atomic E-state index is 0.119. The van der Waals surface area contributed by atoms with Gasteiger partial charge in [0, 0.05) is 67.2 Å². The topological polar surface area (TPSA) is 9.72 Å². The van der Waals surface area contributed by atoms with E-state index in [9.17, 15) is 0 Å². The van der Waals surface area contributed by atoms with Crippen LogP contribution in [0.25, 0.3) is 44.5 Å².